The zero-order valence-electron chi connectivity index (χ0n) is 17.2. The Bertz CT molecular complexity index is 922. The van der Waals surface area contributed by atoms with Crippen molar-refractivity contribution in [1.82, 2.24) is 24.8 Å². The van der Waals surface area contributed by atoms with E-state index in [0.717, 1.165) is 0 Å². The molecule has 2 amide bonds. The van der Waals surface area contributed by atoms with Crippen molar-refractivity contribution in [2.75, 3.05) is 19.7 Å². The zero-order chi connectivity index (χ0) is 21.4. The number of aromatic nitrogens is 3. The van der Waals surface area contributed by atoms with Gasteiger partial charge in [-0.05, 0) is 38.3 Å². The van der Waals surface area contributed by atoms with Crippen LogP contribution in [0.15, 0.2) is 36.9 Å². The molecular formula is C21H27N5O4. The van der Waals surface area contributed by atoms with Crippen LogP contribution in [0.1, 0.15) is 47.2 Å². The second-order valence-corrected chi connectivity index (χ2v) is 8.37. The SMILES string of the molecule is Cn1cnc(C(=O)N2CCC3(CC2)OCC[C@@](C)(NC(=O)c2ccccn2)[C@@H]3O)c1. The quantitative estimate of drug-likeness (QED) is 0.769. The Hall–Kier alpha value is -2.78. The van der Waals surface area contributed by atoms with Gasteiger partial charge in [0.25, 0.3) is 11.8 Å². The number of carbonyl (C=O) groups is 2. The highest BCUT2D eigenvalue weighted by atomic mass is 16.5. The third kappa shape index (κ3) is 3.70. The molecule has 2 fully saturated rings. The summed E-state index contributed by atoms with van der Waals surface area (Å²) in [6.45, 7) is 3.17. The number of piperidine rings is 1. The Labute approximate surface area is 175 Å². The van der Waals surface area contributed by atoms with Gasteiger partial charge in [0, 0.05) is 39.1 Å². The first kappa shape index (κ1) is 20.5. The zero-order valence-corrected chi connectivity index (χ0v) is 17.2. The lowest BCUT2D eigenvalue weighted by Crippen LogP contribution is -2.69. The molecule has 4 rings (SSSR count). The van der Waals surface area contributed by atoms with Gasteiger partial charge >= 0.3 is 0 Å². The fourth-order valence-electron chi connectivity index (χ4n) is 4.41. The number of amides is 2. The number of ether oxygens (including phenoxy) is 1. The van der Waals surface area contributed by atoms with Gasteiger partial charge in [-0.25, -0.2) is 4.98 Å². The number of nitrogens with zero attached hydrogens (tertiary/aromatic N) is 4. The van der Waals surface area contributed by atoms with E-state index in [0.29, 0.717) is 50.3 Å². The van der Waals surface area contributed by atoms with Crippen LogP contribution in [0.3, 0.4) is 0 Å². The Morgan fingerprint density at radius 1 is 1.20 bits per heavy atom. The van der Waals surface area contributed by atoms with Gasteiger partial charge in [-0.3, -0.25) is 14.6 Å². The smallest absolute Gasteiger partial charge is 0.274 e. The van der Waals surface area contributed by atoms with Gasteiger partial charge in [-0.2, -0.15) is 0 Å². The second-order valence-electron chi connectivity index (χ2n) is 8.37. The minimum atomic E-state index is -0.904. The molecule has 0 bridgehead atoms. The maximum atomic E-state index is 12.7. The number of carbonyl (C=O) groups excluding carboxylic acids is 2. The van der Waals surface area contributed by atoms with Crippen molar-refractivity contribution < 1.29 is 19.4 Å². The van der Waals surface area contributed by atoms with E-state index in [4.69, 9.17) is 4.74 Å². The van der Waals surface area contributed by atoms with E-state index in [1.54, 1.807) is 46.4 Å². The third-order valence-electron chi connectivity index (χ3n) is 6.23. The first-order valence-electron chi connectivity index (χ1n) is 10.2. The Morgan fingerprint density at radius 3 is 2.60 bits per heavy atom. The lowest BCUT2D eigenvalue weighted by Gasteiger charge is -2.53. The molecule has 2 saturated heterocycles. The number of aliphatic hydroxyl groups excluding tert-OH is 1. The number of aryl methyl sites for hydroxylation is 1. The summed E-state index contributed by atoms with van der Waals surface area (Å²) in [5.41, 5.74) is -0.932. The highest BCUT2D eigenvalue weighted by molar-refractivity contribution is 5.93. The largest absolute Gasteiger partial charge is 0.388 e. The Morgan fingerprint density at radius 2 is 1.97 bits per heavy atom. The molecule has 0 aromatic carbocycles. The molecule has 0 unspecified atom stereocenters. The summed E-state index contributed by atoms with van der Waals surface area (Å²) in [5, 5.41) is 14.2. The number of pyridine rings is 1. The first-order valence-corrected chi connectivity index (χ1v) is 10.2. The summed E-state index contributed by atoms with van der Waals surface area (Å²) in [6.07, 6.45) is 5.42. The molecule has 9 heteroatoms. The van der Waals surface area contributed by atoms with E-state index in [1.165, 1.54) is 0 Å². The topological polar surface area (TPSA) is 110 Å². The number of rotatable bonds is 3. The number of hydrogen-bond donors (Lipinski definition) is 2. The second kappa shape index (κ2) is 7.81. The van der Waals surface area contributed by atoms with Gasteiger partial charge in [0.15, 0.2) is 0 Å². The van der Waals surface area contributed by atoms with Crippen molar-refractivity contribution in [3.05, 3.63) is 48.3 Å². The standard InChI is InChI=1S/C21H27N5O4/c1-20(24-17(27)15-5-3-4-9-22-15)8-12-30-21(19(20)29)6-10-26(11-7-21)18(28)16-13-25(2)14-23-16/h3-5,9,13-14,19,29H,6-8,10-12H2,1-2H3,(H,24,27)/t19-,20+/m0/s1. The summed E-state index contributed by atoms with van der Waals surface area (Å²) < 4.78 is 7.80. The molecule has 2 aromatic heterocycles. The number of hydrogen-bond acceptors (Lipinski definition) is 6. The van der Waals surface area contributed by atoms with E-state index in [-0.39, 0.29) is 11.8 Å². The summed E-state index contributed by atoms with van der Waals surface area (Å²) in [6, 6.07) is 5.14. The van der Waals surface area contributed by atoms with E-state index < -0.39 is 17.2 Å². The van der Waals surface area contributed by atoms with Crippen LogP contribution in [0, 0.1) is 0 Å². The molecule has 30 heavy (non-hydrogen) atoms. The Kier molecular flexibility index (Phi) is 5.33. The van der Waals surface area contributed by atoms with Crippen molar-refractivity contribution >= 4 is 11.8 Å². The summed E-state index contributed by atoms with van der Waals surface area (Å²) in [5.74, 6) is -0.445. The van der Waals surface area contributed by atoms with Crippen LogP contribution in [0.4, 0.5) is 0 Å². The maximum Gasteiger partial charge on any atom is 0.274 e. The summed E-state index contributed by atoms with van der Waals surface area (Å²) in [4.78, 5) is 35.3. The van der Waals surface area contributed by atoms with E-state index in [9.17, 15) is 14.7 Å². The van der Waals surface area contributed by atoms with E-state index >= 15 is 0 Å². The van der Waals surface area contributed by atoms with Gasteiger partial charge < -0.3 is 24.6 Å². The van der Waals surface area contributed by atoms with Crippen LogP contribution in [-0.2, 0) is 11.8 Å². The molecule has 0 saturated carbocycles. The monoisotopic (exact) mass is 413 g/mol. The van der Waals surface area contributed by atoms with Crippen molar-refractivity contribution in [1.29, 1.82) is 0 Å². The van der Waals surface area contributed by atoms with Gasteiger partial charge in [0.1, 0.15) is 17.5 Å². The van der Waals surface area contributed by atoms with E-state index in [2.05, 4.69) is 15.3 Å². The molecule has 160 valence electrons. The minimum Gasteiger partial charge on any atom is -0.388 e. The lowest BCUT2D eigenvalue weighted by molar-refractivity contribution is -0.203. The lowest BCUT2D eigenvalue weighted by atomic mass is 9.73. The van der Waals surface area contributed by atoms with Crippen molar-refractivity contribution in [2.24, 2.45) is 7.05 Å². The minimum absolute atomic E-state index is 0.123. The van der Waals surface area contributed by atoms with Crippen molar-refractivity contribution in [3.8, 4) is 0 Å². The first-order chi connectivity index (χ1) is 14.3. The molecule has 2 aliphatic heterocycles. The van der Waals surface area contributed by atoms with Crippen molar-refractivity contribution in [3.63, 3.8) is 0 Å². The molecule has 9 nitrogen and oxygen atoms in total. The Balaban J connectivity index is 1.44. The third-order valence-corrected chi connectivity index (χ3v) is 6.23. The fourth-order valence-corrected chi connectivity index (χ4v) is 4.41. The molecule has 0 aliphatic carbocycles. The fraction of sp³-hybridized carbons (Fsp3) is 0.524. The van der Waals surface area contributed by atoms with Crippen LogP contribution in [0.25, 0.3) is 0 Å². The molecule has 2 atom stereocenters. The molecule has 2 N–H and O–H groups in total. The van der Waals surface area contributed by atoms with Gasteiger partial charge in [-0.15, -0.1) is 0 Å². The van der Waals surface area contributed by atoms with Crippen molar-refractivity contribution in [2.45, 2.75) is 43.4 Å². The number of imidazole rings is 1. The molecule has 4 heterocycles. The highest BCUT2D eigenvalue weighted by Crippen LogP contribution is 2.40. The molecule has 2 aliphatic rings. The maximum absolute atomic E-state index is 12.7. The molecule has 2 aromatic rings. The van der Waals surface area contributed by atoms with Gasteiger partial charge in [-0.1, -0.05) is 6.07 Å². The molecule has 1 spiro atoms. The number of aliphatic hydroxyl groups is 1. The number of nitrogens with one attached hydrogen (secondary N) is 1. The predicted molar refractivity (Wildman–Crippen MR) is 108 cm³/mol. The van der Waals surface area contributed by atoms with Crippen LogP contribution in [0.2, 0.25) is 0 Å². The summed E-state index contributed by atoms with van der Waals surface area (Å²) in [7, 11) is 1.82. The average Bonchev–Trinajstić information content (AvgIpc) is 3.19. The molecular weight excluding hydrogens is 386 g/mol. The van der Waals surface area contributed by atoms with Crippen LogP contribution < -0.4 is 5.32 Å². The van der Waals surface area contributed by atoms with Gasteiger partial charge in [0.05, 0.1) is 17.5 Å². The normalized spacial score (nSPS) is 25.8. The highest BCUT2D eigenvalue weighted by Gasteiger charge is 2.54. The van der Waals surface area contributed by atoms with Crippen LogP contribution in [-0.4, -0.2) is 73.3 Å². The average molecular weight is 413 g/mol. The molecule has 0 radical (unpaired) electrons. The summed E-state index contributed by atoms with van der Waals surface area (Å²) >= 11 is 0. The predicted octanol–water partition coefficient (Wildman–Crippen LogP) is 0.760. The van der Waals surface area contributed by atoms with E-state index in [1.807, 2.05) is 14.0 Å². The number of likely N-dealkylation sites (tertiary alicyclic amines) is 1. The van der Waals surface area contributed by atoms with Crippen LogP contribution >= 0.6 is 0 Å². The van der Waals surface area contributed by atoms with Gasteiger partial charge in [0.2, 0.25) is 0 Å². The van der Waals surface area contributed by atoms with Crippen LogP contribution in [0.5, 0.6) is 0 Å².